The Bertz CT molecular complexity index is 1830. The molecule has 0 N–H and O–H groups in total. The number of anilines is 3. The van der Waals surface area contributed by atoms with E-state index in [0.29, 0.717) is 5.75 Å². The molecule has 7 nitrogen and oxygen atoms in total. The highest BCUT2D eigenvalue weighted by Crippen LogP contribution is 2.37. The number of rotatable bonds is 14. The number of ether oxygens (including phenoxy) is 4. The lowest BCUT2D eigenvalue weighted by Crippen LogP contribution is -2.30. The number of benzene rings is 5. The van der Waals surface area contributed by atoms with Crippen LogP contribution in [0, 0.1) is 0 Å². The van der Waals surface area contributed by atoms with Gasteiger partial charge in [-0.3, -0.25) is 0 Å². The Morgan fingerprint density at radius 3 is 1.60 bits per heavy atom. The van der Waals surface area contributed by atoms with Gasteiger partial charge in [0.05, 0.1) is 7.11 Å². The van der Waals surface area contributed by atoms with Crippen molar-refractivity contribution in [3.8, 4) is 33.8 Å². The molecule has 1 atom stereocenters. The second kappa shape index (κ2) is 16.0. The fraction of sp³-hybridized carbons (Fsp3) is 0.122. The highest BCUT2D eigenvalue weighted by molar-refractivity contribution is 5.87. The van der Waals surface area contributed by atoms with E-state index in [9.17, 15) is 9.59 Å². The fourth-order valence-electron chi connectivity index (χ4n) is 4.97. The smallest absolute Gasteiger partial charge is 0.333 e. The first-order chi connectivity index (χ1) is 23.3. The molecule has 48 heavy (non-hydrogen) atoms. The van der Waals surface area contributed by atoms with Crippen LogP contribution in [0.4, 0.5) is 17.1 Å². The summed E-state index contributed by atoms with van der Waals surface area (Å²) in [5.74, 6) is 0.160. The highest BCUT2D eigenvalue weighted by atomic mass is 16.6. The second-order valence-electron chi connectivity index (χ2n) is 11.0. The van der Waals surface area contributed by atoms with Gasteiger partial charge in [-0.05, 0) is 89.8 Å². The van der Waals surface area contributed by atoms with Crippen LogP contribution in [0.5, 0.6) is 11.5 Å². The third kappa shape index (κ3) is 8.59. The number of carbonyl (C=O) groups excluding carboxylic acids is 2. The van der Waals surface area contributed by atoms with Crippen molar-refractivity contribution in [3.63, 3.8) is 0 Å². The molecule has 0 spiro atoms. The number of hydrogen-bond acceptors (Lipinski definition) is 7. The third-order valence-electron chi connectivity index (χ3n) is 7.51. The maximum absolute atomic E-state index is 11.8. The molecule has 0 aromatic heterocycles. The quantitative estimate of drug-likeness (QED) is 0.0886. The van der Waals surface area contributed by atoms with Crippen LogP contribution in [0.3, 0.4) is 0 Å². The normalized spacial score (nSPS) is 11.1. The molecule has 0 aliphatic rings. The summed E-state index contributed by atoms with van der Waals surface area (Å²) in [7, 11) is 1.66. The van der Waals surface area contributed by atoms with Gasteiger partial charge < -0.3 is 23.8 Å². The van der Waals surface area contributed by atoms with Crippen molar-refractivity contribution in [1.29, 1.82) is 0 Å². The molecule has 7 heteroatoms. The van der Waals surface area contributed by atoms with Crippen LogP contribution in [0.1, 0.15) is 6.92 Å². The van der Waals surface area contributed by atoms with E-state index in [-0.39, 0.29) is 18.8 Å². The maximum atomic E-state index is 11.8. The van der Waals surface area contributed by atoms with Crippen LogP contribution in [0.25, 0.3) is 22.3 Å². The molecule has 0 saturated heterocycles. The molecule has 242 valence electrons. The van der Waals surface area contributed by atoms with Crippen LogP contribution < -0.4 is 14.4 Å². The lowest BCUT2D eigenvalue weighted by Gasteiger charge is -2.26. The Balaban J connectivity index is 1.31. The largest absolute Gasteiger partial charge is 0.497 e. The number of carbonyl (C=O) groups is 2. The summed E-state index contributed by atoms with van der Waals surface area (Å²) in [6.45, 7) is 8.34. The molecule has 0 amide bonds. The zero-order valence-corrected chi connectivity index (χ0v) is 27.0. The van der Waals surface area contributed by atoms with E-state index in [1.165, 1.54) is 5.56 Å². The van der Waals surface area contributed by atoms with Crippen LogP contribution in [0.2, 0.25) is 0 Å². The van der Waals surface area contributed by atoms with Gasteiger partial charge in [-0.15, -0.1) is 0 Å². The van der Waals surface area contributed by atoms with E-state index in [4.69, 9.17) is 18.9 Å². The Kier molecular flexibility index (Phi) is 11.1. The Morgan fingerprint density at radius 1 is 0.667 bits per heavy atom. The molecule has 1 unspecified atom stereocenters. The first kappa shape index (κ1) is 33.3. The van der Waals surface area contributed by atoms with Crippen molar-refractivity contribution in [2.75, 3.05) is 25.2 Å². The third-order valence-corrected chi connectivity index (χ3v) is 7.51. The van der Waals surface area contributed by atoms with Crippen LogP contribution in [-0.2, 0) is 19.1 Å². The van der Waals surface area contributed by atoms with Gasteiger partial charge in [0.15, 0.2) is 6.10 Å². The van der Waals surface area contributed by atoms with Crippen LogP contribution in [-0.4, -0.2) is 38.4 Å². The van der Waals surface area contributed by atoms with Crippen LogP contribution >= 0.6 is 0 Å². The minimum absolute atomic E-state index is 0.00931. The van der Waals surface area contributed by atoms with Gasteiger partial charge in [0, 0.05) is 28.7 Å². The standard InChI is InChI=1S/C41H37NO6/c1-5-40(43)48-39(28-47-41(44)29(2)3)27-46-38-23-15-33(16-24-38)32-13-19-35(20-14-32)42(36-21-25-37(45-4)26-22-36)34-17-11-31(12-18-34)30-9-7-6-8-10-30/h5-26,39H,1-2,27-28H2,3-4H3. The van der Waals surface area contributed by atoms with Gasteiger partial charge in [-0.25, -0.2) is 9.59 Å². The van der Waals surface area contributed by atoms with Gasteiger partial charge in [-0.2, -0.15) is 0 Å². The molecule has 0 heterocycles. The zero-order chi connectivity index (χ0) is 33.9. The summed E-state index contributed by atoms with van der Waals surface area (Å²) >= 11 is 0. The van der Waals surface area contributed by atoms with Gasteiger partial charge >= 0.3 is 11.9 Å². The SMILES string of the molecule is C=CC(=O)OC(COC(=O)C(=C)C)COc1ccc(-c2ccc(N(c3ccc(OC)cc3)c3ccc(-c4ccccc4)cc3)cc2)cc1. The summed E-state index contributed by atoms with van der Waals surface area (Å²) in [6, 6.07) is 42.8. The molecular weight excluding hydrogens is 602 g/mol. The Labute approximate surface area is 281 Å². The van der Waals surface area contributed by atoms with E-state index in [0.717, 1.165) is 45.6 Å². The molecular formula is C41H37NO6. The fourth-order valence-corrected chi connectivity index (χ4v) is 4.97. The molecule has 0 saturated carbocycles. The van der Waals surface area contributed by atoms with Gasteiger partial charge in [0.2, 0.25) is 0 Å². The average molecular weight is 640 g/mol. The molecule has 5 aromatic carbocycles. The van der Waals surface area contributed by atoms with E-state index >= 15 is 0 Å². The lowest BCUT2D eigenvalue weighted by atomic mass is 10.0. The molecule has 5 aromatic rings. The van der Waals surface area contributed by atoms with Crippen molar-refractivity contribution in [3.05, 3.63) is 152 Å². The number of methoxy groups -OCH3 is 1. The summed E-state index contributed by atoms with van der Waals surface area (Å²) < 4.78 is 21.7. The lowest BCUT2D eigenvalue weighted by molar-refractivity contribution is -0.154. The maximum Gasteiger partial charge on any atom is 0.333 e. The minimum Gasteiger partial charge on any atom is -0.497 e. The summed E-state index contributed by atoms with van der Waals surface area (Å²) in [5.41, 5.74) is 7.64. The Hall–Kier alpha value is -6.08. The predicted molar refractivity (Wildman–Crippen MR) is 190 cm³/mol. The van der Waals surface area contributed by atoms with Gasteiger partial charge in [0.1, 0.15) is 24.7 Å². The van der Waals surface area contributed by atoms with Crippen LogP contribution in [0.15, 0.2) is 152 Å². The Morgan fingerprint density at radius 2 is 1.12 bits per heavy atom. The summed E-state index contributed by atoms with van der Waals surface area (Å²) in [6.07, 6.45) is 0.236. The summed E-state index contributed by atoms with van der Waals surface area (Å²) in [4.78, 5) is 25.8. The van der Waals surface area contributed by atoms with Gasteiger partial charge in [-0.1, -0.05) is 79.9 Å². The van der Waals surface area contributed by atoms with Crippen molar-refractivity contribution < 1.29 is 28.5 Å². The minimum atomic E-state index is -0.811. The highest BCUT2D eigenvalue weighted by Gasteiger charge is 2.18. The molecule has 0 bridgehead atoms. The number of hydrogen-bond donors (Lipinski definition) is 0. The van der Waals surface area contributed by atoms with Crippen molar-refractivity contribution >= 4 is 29.0 Å². The molecule has 0 aliphatic heterocycles. The van der Waals surface area contributed by atoms with E-state index in [1.807, 2.05) is 66.7 Å². The molecule has 0 fully saturated rings. The monoisotopic (exact) mass is 639 g/mol. The topological polar surface area (TPSA) is 74.3 Å². The molecule has 5 rings (SSSR count). The van der Waals surface area contributed by atoms with Crippen molar-refractivity contribution in [1.82, 2.24) is 0 Å². The first-order valence-electron chi connectivity index (χ1n) is 15.4. The van der Waals surface area contributed by atoms with Crippen molar-refractivity contribution in [2.45, 2.75) is 13.0 Å². The first-order valence-corrected chi connectivity index (χ1v) is 15.4. The second-order valence-corrected chi connectivity index (χ2v) is 11.0. The zero-order valence-electron chi connectivity index (χ0n) is 27.0. The van der Waals surface area contributed by atoms with E-state index in [1.54, 1.807) is 14.0 Å². The summed E-state index contributed by atoms with van der Waals surface area (Å²) in [5, 5.41) is 0. The predicted octanol–water partition coefficient (Wildman–Crippen LogP) is 9.09. The van der Waals surface area contributed by atoms with Crippen molar-refractivity contribution in [2.24, 2.45) is 0 Å². The number of esters is 2. The van der Waals surface area contributed by atoms with E-state index in [2.05, 4.69) is 78.7 Å². The molecule has 0 aliphatic carbocycles. The van der Waals surface area contributed by atoms with E-state index < -0.39 is 18.0 Å². The molecule has 0 radical (unpaired) electrons. The number of nitrogens with zero attached hydrogens (tertiary/aromatic N) is 1. The average Bonchev–Trinajstić information content (AvgIpc) is 3.14. The van der Waals surface area contributed by atoms with Gasteiger partial charge in [0.25, 0.3) is 0 Å².